The second kappa shape index (κ2) is 6.68. The third kappa shape index (κ3) is 4.13. The lowest BCUT2D eigenvalue weighted by atomic mass is 9.91. The quantitative estimate of drug-likeness (QED) is 0.498. The van der Waals surface area contributed by atoms with Crippen LogP contribution in [0.1, 0.15) is 26.7 Å². The van der Waals surface area contributed by atoms with Crippen molar-refractivity contribution in [3.63, 3.8) is 0 Å². The highest BCUT2D eigenvalue weighted by Gasteiger charge is 2.36. The molecule has 20 heavy (non-hydrogen) atoms. The summed E-state index contributed by atoms with van der Waals surface area (Å²) >= 11 is 0. The molecule has 0 unspecified atom stereocenters. The zero-order chi connectivity index (χ0) is 14.6. The van der Waals surface area contributed by atoms with Crippen molar-refractivity contribution >= 4 is 0 Å². The molecule has 0 aromatic heterocycles. The molecule has 0 bridgehead atoms. The van der Waals surface area contributed by atoms with Gasteiger partial charge in [0, 0.05) is 39.1 Å². The van der Waals surface area contributed by atoms with Gasteiger partial charge in [0.15, 0.2) is 0 Å². The Morgan fingerprint density at radius 2 is 1.30 bits per heavy atom. The monoisotopic (exact) mass is 288 g/mol. The van der Waals surface area contributed by atoms with E-state index in [1.165, 1.54) is 0 Å². The first kappa shape index (κ1) is 16.1. The third-order valence-electron chi connectivity index (χ3n) is 4.48. The first-order valence-electron chi connectivity index (χ1n) is 7.49. The lowest BCUT2D eigenvalue weighted by molar-refractivity contribution is -0.0833. The van der Waals surface area contributed by atoms with E-state index in [4.69, 9.17) is 9.47 Å². The van der Waals surface area contributed by atoms with Crippen molar-refractivity contribution in [1.29, 1.82) is 0 Å². The summed E-state index contributed by atoms with van der Waals surface area (Å²) in [6.07, 6.45) is 1.31. The molecule has 4 N–H and O–H groups in total. The fourth-order valence-electron chi connectivity index (χ4n) is 2.72. The second-order valence-electron chi connectivity index (χ2n) is 6.38. The Morgan fingerprint density at radius 1 is 0.900 bits per heavy atom. The molecule has 2 saturated heterocycles. The summed E-state index contributed by atoms with van der Waals surface area (Å²) in [6, 6.07) is -0.0812. The maximum Gasteiger partial charge on any atom is 0.0816 e. The Kier molecular flexibility index (Phi) is 5.39. The minimum atomic E-state index is -0.711. The topological polar surface area (TPSA) is 83.0 Å². The number of aliphatic hydroxyl groups is 2. The van der Waals surface area contributed by atoms with Crippen LogP contribution in [0, 0.1) is 0 Å². The maximum absolute atomic E-state index is 10.2. The van der Waals surface area contributed by atoms with Gasteiger partial charge in [-0.2, -0.15) is 0 Å². The van der Waals surface area contributed by atoms with E-state index in [9.17, 15) is 10.2 Å². The molecule has 2 heterocycles. The van der Waals surface area contributed by atoms with Gasteiger partial charge in [0.25, 0.3) is 0 Å². The smallest absolute Gasteiger partial charge is 0.0816 e. The van der Waals surface area contributed by atoms with Gasteiger partial charge in [0.05, 0.1) is 36.5 Å². The predicted molar refractivity (Wildman–Crippen MR) is 75.7 cm³/mol. The maximum atomic E-state index is 10.2. The molecule has 0 spiro atoms. The normalized spacial score (nSPS) is 42.6. The zero-order valence-electron chi connectivity index (χ0n) is 12.5. The van der Waals surface area contributed by atoms with E-state index in [-0.39, 0.29) is 12.1 Å². The minimum absolute atomic E-state index is 0.0406. The van der Waals surface area contributed by atoms with Gasteiger partial charge in [0.2, 0.25) is 0 Å². The van der Waals surface area contributed by atoms with E-state index < -0.39 is 11.2 Å². The van der Waals surface area contributed by atoms with Crippen LogP contribution in [0.2, 0.25) is 0 Å². The molecule has 2 fully saturated rings. The van der Waals surface area contributed by atoms with Crippen LogP contribution in [0.4, 0.5) is 0 Å². The minimum Gasteiger partial charge on any atom is -0.388 e. The third-order valence-corrected chi connectivity index (χ3v) is 4.48. The highest BCUT2D eigenvalue weighted by Crippen LogP contribution is 2.21. The van der Waals surface area contributed by atoms with E-state index in [1.54, 1.807) is 0 Å². The Morgan fingerprint density at radius 3 is 1.65 bits per heavy atom. The Hall–Kier alpha value is -0.240. The van der Waals surface area contributed by atoms with Gasteiger partial charge in [-0.1, -0.05) is 0 Å². The van der Waals surface area contributed by atoms with Crippen molar-refractivity contribution in [2.75, 3.05) is 39.5 Å². The summed E-state index contributed by atoms with van der Waals surface area (Å²) in [5.41, 5.74) is -1.42. The van der Waals surface area contributed by atoms with Gasteiger partial charge >= 0.3 is 0 Å². The predicted octanol–water partition coefficient (Wildman–Crippen LogP) is -0.755. The standard InChI is InChI=1S/C14H28N2O4/c1-13(17)3-7-19-9-11(13)15-5-6-16-12-10-20-8-4-14(12,2)18/h11-12,15-18H,3-10H2,1-2H3/t11-,12-,13-,14+/m1/s1. The number of nitrogens with one attached hydrogen (secondary N) is 2. The molecule has 0 radical (unpaired) electrons. The first-order valence-corrected chi connectivity index (χ1v) is 7.49. The van der Waals surface area contributed by atoms with E-state index in [0.29, 0.717) is 39.3 Å². The van der Waals surface area contributed by atoms with Gasteiger partial charge in [-0.15, -0.1) is 0 Å². The molecule has 0 aromatic rings. The van der Waals surface area contributed by atoms with Crippen LogP contribution in [0.15, 0.2) is 0 Å². The second-order valence-corrected chi connectivity index (χ2v) is 6.38. The largest absolute Gasteiger partial charge is 0.388 e. The van der Waals surface area contributed by atoms with Crippen LogP contribution in [-0.4, -0.2) is 73.0 Å². The summed E-state index contributed by atoms with van der Waals surface area (Å²) in [4.78, 5) is 0. The molecule has 2 aliphatic heterocycles. The molecule has 0 amide bonds. The fourth-order valence-corrected chi connectivity index (χ4v) is 2.72. The van der Waals surface area contributed by atoms with Crippen LogP contribution in [0.25, 0.3) is 0 Å². The Labute approximate surface area is 120 Å². The van der Waals surface area contributed by atoms with Crippen LogP contribution >= 0.6 is 0 Å². The van der Waals surface area contributed by atoms with Crippen LogP contribution in [0.3, 0.4) is 0 Å². The zero-order valence-corrected chi connectivity index (χ0v) is 12.5. The summed E-state index contributed by atoms with van der Waals surface area (Å²) in [5.74, 6) is 0. The average Bonchev–Trinajstić information content (AvgIpc) is 2.37. The van der Waals surface area contributed by atoms with Gasteiger partial charge in [-0.25, -0.2) is 0 Å². The van der Waals surface area contributed by atoms with Gasteiger partial charge in [-0.3, -0.25) is 0 Å². The lowest BCUT2D eigenvalue weighted by Gasteiger charge is -2.39. The molecule has 6 nitrogen and oxygen atoms in total. The summed E-state index contributed by atoms with van der Waals surface area (Å²) < 4.78 is 10.8. The molecule has 0 aromatic carbocycles. The number of hydrogen-bond acceptors (Lipinski definition) is 6. The molecule has 4 atom stereocenters. The van der Waals surface area contributed by atoms with Crippen molar-refractivity contribution in [2.45, 2.75) is 50.0 Å². The van der Waals surface area contributed by atoms with Crippen molar-refractivity contribution in [1.82, 2.24) is 10.6 Å². The van der Waals surface area contributed by atoms with E-state index in [1.807, 2.05) is 13.8 Å². The first-order chi connectivity index (χ1) is 9.42. The fraction of sp³-hybridized carbons (Fsp3) is 1.00. The highest BCUT2D eigenvalue weighted by molar-refractivity contribution is 4.92. The van der Waals surface area contributed by atoms with Crippen molar-refractivity contribution < 1.29 is 19.7 Å². The molecule has 6 heteroatoms. The lowest BCUT2D eigenvalue weighted by Crippen LogP contribution is -2.58. The molecular formula is C14H28N2O4. The summed E-state index contributed by atoms with van der Waals surface area (Å²) in [7, 11) is 0. The Bertz CT molecular complexity index is 280. The summed E-state index contributed by atoms with van der Waals surface area (Å²) in [5, 5.41) is 27.1. The average molecular weight is 288 g/mol. The molecule has 0 saturated carbocycles. The van der Waals surface area contributed by atoms with Gasteiger partial charge < -0.3 is 30.3 Å². The van der Waals surface area contributed by atoms with E-state index in [2.05, 4.69) is 10.6 Å². The molecule has 118 valence electrons. The number of hydrogen-bond donors (Lipinski definition) is 4. The van der Waals surface area contributed by atoms with Gasteiger partial charge in [0.1, 0.15) is 0 Å². The molecule has 2 aliphatic rings. The molecule has 2 rings (SSSR count). The number of rotatable bonds is 5. The summed E-state index contributed by atoms with van der Waals surface area (Å²) in [6.45, 7) is 7.44. The number of ether oxygens (including phenoxy) is 2. The molecular weight excluding hydrogens is 260 g/mol. The van der Waals surface area contributed by atoms with Crippen LogP contribution in [-0.2, 0) is 9.47 Å². The van der Waals surface area contributed by atoms with Crippen molar-refractivity contribution in [3.8, 4) is 0 Å². The van der Waals surface area contributed by atoms with Crippen molar-refractivity contribution in [3.05, 3.63) is 0 Å². The Balaban J connectivity index is 1.68. The highest BCUT2D eigenvalue weighted by atomic mass is 16.5. The van der Waals surface area contributed by atoms with E-state index >= 15 is 0 Å². The van der Waals surface area contributed by atoms with Crippen LogP contribution in [0.5, 0.6) is 0 Å². The SMILES string of the molecule is C[C@]1(O)CCOC[C@H]1NCCN[C@@H]1COCC[C@@]1(C)O. The van der Waals surface area contributed by atoms with Crippen LogP contribution < -0.4 is 10.6 Å². The van der Waals surface area contributed by atoms with Crippen molar-refractivity contribution in [2.24, 2.45) is 0 Å². The van der Waals surface area contributed by atoms with E-state index in [0.717, 1.165) is 13.1 Å². The van der Waals surface area contributed by atoms with Gasteiger partial charge in [-0.05, 0) is 13.8 Å². The molecule has 0 aliphatic carbocycles.